The summed E-state index contributed by atoms with van der Waals surface area (Å²) in [5, 5.41) is 0. The fraction of sp³-hybridized carbons (Fsp3) is 1.00. The smallest absolute Gasteiger partial charge is 0.0594 e. The van der Waals surface area contributed by atoms with Crippen LogP contribution in [-0.4, -0.2) is 43.3 Å². The highest BCUT2D eigenvalue weighted by Crippen LogP contribution is 2.54. The Morgan fingerprint density at radius 3 is 2.00 bits per heavy atom. The minimum absolute atomic E-state index is 0.365. The topological polar surface area (TPSA) is 38.5 Å². The van der Waals surface area contributed by atoms with Crippen LogP contribution in [0.15, 0.2) is 0 Å². The summed E-state index contributed by atoms with van der Waals surface area (Å²) in [5.41, 5.74) is 6.50. The van der Waals surface area contributed by atoms with Crippen LogP contribution in [0, 0.1) is 11.8 Å². The summed E-state index contributed by atoms with van der Waals surface area (Å²) in [6.45, 7) is 4.87. The summed E-state index contributed by atoms with van der Waals surface area (Å²) < 4.78 is 5.46. The zero-order valence-electron chi connectivity index (χ0n) is 9.45. The molecule has 0 unspecified atom stereocenters. The van der Waals surface area contributed by atoms with Gasteiger partial charge in [-0.05, 0) is 37.5 Å². The molecule has 0 radical (unpaired) electrons. The first-order valence-electron chi connectivity index (χ1n) is 6.41. The first-order valence-corrected chi connectivity index (χ1v) is 6.41. The van der Waals surface area contributed by atoms with Crippen LogP contribution in [0.25, 0.3) is 0 Å². The summed E-state index contributed by atoms with van der Waals surface area (Å²) in [5.74, 6) is 1.79. The van der Waals surface area contributed by atoms with Crippen molar-refractivity contribution in [1.29, 1.82) is 0 Å². The van der Waals surface area contributed by atoms with E-state index in [1.807, 2.05) is 0 Å². The third-order valence-corrected chi connectivity index (χ3v) is 4.50. The molecule has 0 amide bonds. The van der Waals surface area contributed by atoms with E-state index in [-0.39, 0.29) is 0 Å². The summed E-state index contributed by atoms with van der Waals surface area (Å²) in [6.07, 6.45) is 5.63. The molecular formula is C12H22N2O. The van der Waals surface area contributed by atoms with E-state index >= 15 is 0 Å². The third-order valence-electron chi connectivity index (χ3n) is 4.50. The quantitative estimate of drug-likeness (QED) is 0.747. The van der Waals surface area contributed by atoms with Gasteiger partial charge in [-0.2, -0.15) is 0 Å². The van der Waals surface area contributed by atoms with Crippen molar-refractivity contribution in [1.82, 2.24) is 4.90 Å². The van der Waals surface area contributed by atoms with Gasteiger partial charge in [-0.25, -0.2) is 0 Å². The highest BCUT2D eigenvalue weighted by molar-refractivity contribution is 5.11. The van der Waals surface area contributed by atoms with Crippen LogP contribution in [0.3, 0.4) is 0 Å². The molecule has 3 nitrogen and oxygen atoms in total. The van der Waals surface area contributed by atoms with E-state index in [0.29, 0.717) is 5.54 Å². The van der Waals surface area contributed by atoms with Crippen molar-refractivity contribution in [2.75, 3.05) is 32.8 Å². The molecule has 86 valence electrons. The molecule has 15 heavy (non-hydrogen) atoms. The molecule has 0 aromatic rings. The molecule has 1 saturated heterocycles. The second-order valence-corrected chi connectivity index (χ2v) is 5.34. The number of nitrogens with zero attached hydrogens (tertiary/aromatic N) is 1. The van der Waals surface area contributed by atoms with E-state index in [2.05, 4.69) is 4.90 Å². The lowest BCUT2D eigenvalue weighted by Gasteiger charge is -2.46. The molecule has 0 aromatic carbocycles. The van der Waals surface area contributed by atoms with E-state index < -0.39 is 0 Å². The number of ether oxygens (including phenoxy) is 1. The lowest BCUT2D eigenvalue weighted by atomic mass is 9.85. The lowest BCUT2D eigenvalue weighted by Crippen LogP contribution is -2.60. The van der Waals surface area contributed by atoms with Crippen LogP contribution in [0.5, 0.6) is 0 Å². The predicted octanol–water partition coefficient (Wildman–Crippen LogP) is 0.836. The van der Waals surface area contributed by atoms with E-state index in [9.17, 15) is 0 Å². The number of morpholine rings is 1. The molecule has 0 spiro atoms. The van der Waals surface area contributed by atoms with Crippen LogP contribution < -0.4 is 5.73 Å². The second-order valence-electron chi connectivity index (χ2n) is 5.34. The van der Waals surface area contributed by atoms with Gasteiger partial charge < -0.3 is 10.5 Å². The average molecular weight is 210 g/mol. The van der Waals surface area contributed by atoms with E-state index in [1.165, 1.54) is 25.7 Å². The Kier molecular flexibility index (Phi) is 2.49. The normalized spacial score (nSPS) is 29.4. The Morgan fingerprint density at radius 1 is 1.07 bits per heavy atom. The Hall–Kier alpha value is -0.120. The zero-order chi connectivity index (χ0) is 10.3. The van der Waals surface area contributed by atoms with Crippen molar-refractivity contribution in [2.45, 2.75) is 31.2 Å². The molecule has 3 rings (SSSR count). The largest absolute Gasteiger partial charge is 0.379 e. The van der Waals surface area contributed by atoms with Crippen LogP contribution >= 0.6 is 0 Å². The Labute approximate surface area is 91.9 Å². The molecule has 3 aliphatic rings. The Bertz CT molecular complexity index is 218. The van der Waals surface area contributed by atoms with E-state index in [0.717, 1.165) is 44.7 Å². The number of nitrogens with two attached hydrogens (primary N) is 1. The maximum atomic E-state index is 6.14. The van der Waals surface area contributed by atoms with Gasteiger partial charge in [-0.3, -0.25) is 4.90 Å². The molecule has 0 atom stereocenters. The maximum absolute atomic E-state index is 6.14. The average Bonchev–Trinajstić information content (AvgIpc) is 3.15. The summed E-state index contributed by atoms with van der Waals surface area (Å²) in [4.78, 5) is 2.66. The number of hydrogen-bond acceptors (Lipinski definition) is 3. The monoisotopic (exact) mass is 210 g/mol. The molecule has 2 N–H and O–H groups in total. The van der Waals surface area contributed by atoms with E-state index in [1.54, 1.807) is 0 Å². The fourth-order valence-corrected chi connectivity index (χ4v) is 3.46. The fourth-order valence-electron chi connectivity index (χ4n) is 3.46. The van der Waals surface area contributed by atoms with Crippen molar-refractivity contribution in [3.8, 4) is 0 Å². The van der Waals surface area contributed by atoms with Gasteiger partial charge in [0.15, 0.2) is 0 Å². The minimum Gasteiger partial charge on any atom is -0.379 e. The van der Waals surface area contributed by atoms with Gasteiger partial charge in [0.05, 0.1) is 13.2 Å². The lowest BCUT2D eigenvalue weighted by molar-refractivity contribution is -0.0381. The van der Waals surface area contributed by atoms with Gasteiger partial charge >= 0.3 is 0 Å². The van der Waals surface area contributed by atoms with Gasteiger partial charge in [0.1, 0.15) is 0 Å². The van der Waals surface area contributed by atoms with Crippen LogP contribution in [0.1, 0.15) is 25.7 Å². The highest BCUT2D eigenvalue weighted by atomic mass is 16.5. The van der Waals surface area contributed by atoms with Crippen molar-refractivity contribution in [3.63, 3.8) is 0 Å². The van der Waals surface area contributed by atoms with Crippen molar-refractivity contribution >= 4 is 0 Å². The highest BCUT2D eigenvalue weighted by Gasteiger charge is 2.56. The van der Waals surface area contributed by atoms with Gasteiger partial charge in [-0.15, -0.1) is 0 Å². The van der Waals surface area contributed by atoms with Crippen LogP contribution in [0.2, 0.25) is 0 Å². The van der Waals surface area contributed by atoms with Gasteiger partial charge in [0.2, 0.25) is 0 Å². The second kappa shape index (κ2) is 3.72. The standard InChI is InChI=1S/C12H22N2O/c13-9-12(10-1-2-10,11-3-4-11)14-5-7-15-8-6-14/h10-11H,1-9,13H2. The summed E-state index contributed by atoms with van der Waals surface area (Å²) in [6, 6.07) is 0. The molecule has 1 aliphatic heterocycles. The Morgan fingerprint density at radius 2 is 1.60 bits per heavy atom. The number of rotatable bonds is 4. The van der Waals surface area contributed by atoms with Crippen molar-refractivity contribution < 1.29 is 4.74 Å². The van der Waals surface area contributed by atoms with Crippen molar-refractivity contribution in [2.24, 2.45) is 17.6 Å². The third kappa shape index (κ3) is 1.61. The first kappa shape index (κ1) is 10.1. The summed E-state index contributed by atoms with van der Waals surface area (Å²) in [7, 11) is 0. The molecule has 2 saturated carbocycles. The SMILES string of the molecule is NCC(C1CC1)(C1CC1)N1CCOCC1. The first-order chi connectivity index (χ1) is 7.38. The molecule has 0 bridgehead atoms. The van der Waals surface area contributed by atoms with Crippen molar-refractivity contribution in [3.05, 3.63) is 0 Å². The molecular weight excluding hydrogens is 188 g/mol. The molecule has 1 heterocycles. The number of hydrogen-bond donors (Lipinski definition) is 1. The molecule has 2 aliphatic carbocycles. The molecule has 3 heteroatoms. The van der Waals surface area contributed by atoms with Gasteiger partial charge in [0, 0.05) is 25.2 Å². The Balaban J connectivity index is 1.80. The molecule has 0 aromatic heterocycles. The van der Waals surface area contributed by atoms with E-state index in [4.69, 9.17) is 10.5 Å². The molecule has 3 fully saturated rings. The minimum atomic E-state index is 0.365. The zero-order valence-corrected chi connectivity index (χ0v) is 9.45. The van der Waals surface area contributed by atoms with Gasteiger partial charge in [0.25, 0.3) is 0 Å². The van der Waals surface area contributed by atoms with Crippen LogP contribution in [0.4, 0.5) is 0 Å². The maximum Gasteiger partial charge on any atom is 0.0594 e. The van der Waals surface area contributed by atoms with Gasteiger partial charge in [-0.1, -0.05) is 0 Å². The van der Waals surface area contributed by atoms with Crippen LogP contribution in [-0.2, 0) is 4.74 Å². The predicted molar refractivity (Wildman–Crippen MR) is 59.6 cm³/mol. The summed E-state index contributed by atoms with van der Waals surface area (Å²) >= 11 is 0.